The molecule has 3 rings (SSSR count). The molecule has 0 saturated carbocycles. The van der Waals surface area contributed by atoms with E-state index in [2.05, 4.69) is 15.4 Å². The first kappa shape index (κ1) is 18.5. The van der Waals surface area contributed by atoms with Crippen molar-refractivity contribution in [3.05, 3.63) is 47.0 Å². The normalized spacial score (nSPS) is 13.6. The predicted octanol–water partition coefficient (Wildman–Crippen LogP) is 4.63. The van der Waals surface area contributed by atoms with Gasteiger partial charge in [-0.15, -0.1) is 11.8 Å². The van der Waals surface area contributed by atoms with Crippen LogP contribution in [0.15, 0.2) is 41.3 Å². The highest BCUT2D eigenvalue weighted by molar-refractivity contribution is 7.99. The number of fused-ring (bicyclic) bond motifs is 1. The zero-order valence-corrected chi connectivity index (χ0v) is 14.8. The Labute approximate surface area is 157 Å². The number of carbonyl (C=O) groups excluding carboxylic acids is 2. The van der Waals surface area contributed by atoms with Crippen molar-refractivity contribution in [1.29, 1.82) is 0 Å². The van der Waals surface area contributed by atoms with Gasteiger partial charge in [0.2, 0.25) is 5.91 Å². The molecule has 1 heterocycles. The Morgan fingerprint density at radius 2 is 2.08 bits per heavy atom. The molecular formula is C17H13ClF2N2O3S. The summed E-state index contributed by atoms with van der Waals surface area (Å²) in [5, 5.41) is 5.35. The molecule has 2 amide bonds. The monoisotopic (exact) mass is 398 g/mol. The second-order valence-electron chi connectivity index (χ2n) is 5.34. The number of hydrogen-bond acceptors (Lipinski definition) is 4. The van der Waals surface area contributed by atoms with Crippen LogP contribution in [-0.2, 0) is 4.79 Å². The van der Waals surface area contributed by atoms with Crippen LogP contribution in [0.4, 0.5) is 20.2 Å². The summed E-state index contributed by atoms with van der Waals surface area (Å²) < 4.78 is 28.7. The number of anilines is 2. The number of halogens is 3. The van der Waals surface area contributed by atoms with Crippen LogP contribution in [0.25, 0.3) is 0 Å². The molecule has 0 unspecified atom stereocenters. The minimum atomic E-state index is -2.99. The fourth-order valence-electron chi connectivity index (χ4n) is 2.33. The van der Waals surface area contributed by atoms with Gasteiger partial charge in [-0.25, -0.2) is 0 Å². The van der Waals surface area contributed by atoms with Gasteiger partial charge in [-0.05, 0) is 36.4 Å². The summed E-state index contributed by atoms with van der Waals surface area (Å²) in [6.45, 7) is -2.99. The van der Waals surface area contributed by atoms with Crippen LogP contribution >= 0.6 is 23.4 Å². The molecule has 0 fully saturated rings. The molecule has 5 nitrogen and oxygen atoms in total. The van der Waals surface area contributed by atoms with E-state index in [0.717, 1.165) is 4.90 Å². The Morgan fingerprint density at radius 3 is 2.81 bits per heavy atom. The van der Waals surface area contributed by atoms with Gasteiger partial charge < -0.3 is 15.4 Å². The summed E-state index contributed by atoms with van der Waals surface area (Å²) in [6, 6.07) is 8.98. The molecule has 0 bridgehead atoms. The van der Waals surface area contributed by atoms with Crippen molar-refractivity contribution < 1.29 is 23.1 Å². The SMILES string of the molecule is O=C1CCSc2ccc(C(=O)Nc3ccc(OC(F)F)c(Cl)c3)cc2N1. The zero-order valence-electron chi connectivity index (χ0n) is 13.2. The topological polar surface area (TPSA) is 67.4 Å². The van der Waals surface area contributed by atoms with Crippen molar-refractivity contribution in [1.82, 2.24) is 0 Å². The van der Waals surface area contributed by atoms with E-state index in [1.54, 1.807) is 18.2 Å². The number of ether oxygens (including phenoxy) is 1. The molecule has 2 aromatic carbocycles. The van der Waals surface area contributed by atoms with Crippen molar-refractivity contribution in [3.63, 3.8) is 0 Å². The Hall–Kier alpha value is -2.32. The second kappa shape index (κ2) is 7.92. The lowest BCUT2D eigenvalue weighted by molar-refractivity contribution is -0.115. The van der Waals surface area contributed by atoms with Gasteiger partial charge in [-0.2, -0.15) is 8.78 Å². The first-order chi connectivity index (χ1) is 12.4. The molecule has 0 aliphatic carbocycles. The lowest BCUT2D eigenvalue weighted by atomic mass is 10.1. The van der Waals surface area contributed by atoms with Gasteiger partial charge >= 0.3 is 6.61 Å². The fraction of sp³-hybridized carbons (Fsp3) is 0.176. The second-order valence-corrected chi connectivity index (χ2v) is 6.88. The first-order valence-electron chi connectivity index (χ1n) is 7.55. The molecule has 26 heavy (non-hydrogen) atoms. The van der Waals surface area contributed by atoms with Gasteiger partial charge in [0, 0.05) is 28.3 Å². The molecular weight excluding hydrogens is 386 g/mol. The standard InChI is InChI=1S/C17H13ClF2N2O3S/c18-11-8-10(2-3-13(11)25-17(19)20)21-16(24)9-1-4-14-12(7-9)22-15(23)5-6-26-14/h1-4,7-8,17H,5-6H2,(H,21,24)(H,22,23). The maximum atomic E-state index is 12.4. The number of rotatable bonds is 4. The summed E-state index contributed by atoms with van der Waals surface area (Å²) in [7, 11) is 0. The van der Waals surface area contributed by atoms with Crippen LogP contribution in [0.5, 0.6) is 5.75 Å². The molecule has 2 N–H and O–H groups in total. The number of alkyl halides is 2. The van der Waals surface area contributed by atoms with Crippen LogP contribution in [0, 0.1) is 0 Å². The number of amides is 2. The third-order valence-corrected chi connectivity index (χ3v) is 4.88. The van der Waals surface area contributed by atoms with E-state index >= 15 is 0 Å². The molecule has 1 aliphatic rings. The number of hydrogen-bond donors (Lipinski definition) is 2. The lowest BCUT2D eigenvalue weighted by Crippen LogP contribution is -2.14. The molecule has 136 valence electrons. The average molecular weight is 399 g/mol. The van der Waals surface area contributed by atoms with E-state index in [4.69, 9.17) is 11.6 Å². The highest BCUT2D eigenvalue weighted by atomic mass is 35.5. The summed E-state index contributed by atoms with van der Waals surface area (Å²) in [5.41, 5.74) is 1.26. The quantitative estimate of drug-likeness (QED) is 0.788. The molecule has 0 aromatic heterocycles. The fourth-order valence-corrected chi connectivity index (χ4v) is 3.50. The highest BCUT2D eigenvalue weighted by Crippen LogP contribution is 2.32. The predicted molar refractivity (Wildman–Crippen MR) is 96.4 cm³/mol. The average Bonchev–Trinajstić information content (AvgIpc) is 2.76. The molecule has 0 saturated heterocycles. The largest absolute Gasteiger partial charge is 0.433 e. The van der Waals surface area contributed by atoms with Gasteiger partial charge in [-0.3, -0.25) is 9.59 Å². The van der Waals surface area contributed by atoms with Crippen LogP contribution in [-0.4, -0.2) is 24.2 Å². The molecule has 9 heteroatoms. The smallest absolute Gasteiger partial charge is 0.387 e. The maximum absolute atomic E-state index is 12.4. The van der Waals surface area contributed by atoms with Crippen molar-refractivity contribution in [2.24, 2.45) is 0 Å². The zero-order chi connectivity index (χ0) is 18.7. The van der Waals surface area contributed by atoms with Crippen molar-refractivity contribution in [2.45, 2.75) is 17.9 Å². The number of benzene rings is 2. The Morgan fingerprint density at radius 1 is 1.27 bits per heavy atom. The van der Waals surface area contributed by atoms with Crippen LogP contribution in [0.3, 0.4) is 0 Å². The molecule has 0 spiro atoms. The van der Waals surface area contributed by atoms with Gasteiger partial charge in [0.1, 0.15) is 5.75 Å². The van der Waals surface area contributed by atoms with E-state index in [9.17, 15) is 18.4 Å². The van der Waals surface area contributed by atoms with Crippen molar-refractivity contribution in [2.75, 3.05) is 16.4 Å². The van der Waals surface area contributed by atoms with Crippen LogP contribution < -0.4 is 15.4 Å². The third kappa shape index (κ3) is 4.44. The van der Waals surface area contributed by atoms with E-state index in [0.29, 0.717) is 29.1 Å². The Kier molecular flexibility index (Phi) is 5.63. The molecule has 0 radical (unpaired) electrons. The van der Waals surface area contributed by atoms with Gasteiger partial charge in [0.25, 0.3) is 5.91 Å². The van der Waals surface area contributed by atoms with E-state index in [1.807, 2.05) is 0 Å². The lowest BCUT2D eigenvalue weighted by Gasteiger charge is -2.11. The Balaban J connectivity index is 1.76. The van der Waals surface area contributed by atoms with E-state index in [1.165, 1.54) is 30.0 Å². The highest BCUT2D eigenvalue weighted by Gasteiger charge is 2.16. The molecule has 0 atom stereocenters. The molecule has 2 aromatic rings. The van der Waals surface area contributed by atoms with Crippen molar-refractivity contribution >= 4 is 46.6 Å². The van der Waals surface area contributed by atoms with Gasteiger partial charge in [0.05, 0.1) is 10.7 Å². The van der Waals surface area contributed by atoms with Crippen molar-refractivity contribution in [3.8, 4) is 5.75 Å². The molecule has 1 aliphatic heterocycles. The summed E-state index contributed by atoms with van der Waals surface area (Å²) >= 11 is 7.41. The maximum Gasteiger partial charge on any atom is 0.387 e. The van der Waals surface area contributed by atoms with Crippen LogP contribution in [0.1, 0.15) is 16.8 Å². The minimum absolute atomic E-state index is 0.0475. The number of thioether (sulfide) groups is 1. The summed E-state index contributed by atoms with van der Waals surface area (Å²) in [6.07, 6.45) is 0.409. The first-order valence-corrected chi connectivity index (χ1v) is 8.91. The van der Waals surface area contributed by atoms with E-state index in [-0.39, 0.29) is 16.7 Å². The summed E-state index contributed by atoms with van der Waals surface area (Å²) in [5.74, 6) is -0.0230. The third-order valence-electron chi connectivity index (χ3n) is 3.51. The number of carbonyl (C=O) groups is 2. The minimum Gasteiger partial charge on any atom is -0.433 e. The number of nitrogens with one attached hydrogen (secondary N) is 2. The van der Waals surface area contributed by atoms with Gasteiger partial charge in [-0.1, -0.05) is 11.6 Å². The van der Waals surface area contributed by atoms with Crippen LogP contribution in [0.2, 0.25) is 5.02 Å². The van der Waals surface area contributed by atoms with Gasteiger partial charge in [0.15, 0.2) is 0 Å². The van der Waals surface area contributed by atoms with E-state index < -0.39 is 12.5 Å². The summed E-state index contributed by atoms with van der Waals surface area (Å²) in [4.78, 5) is 25.0. The Bertz CT molecular complexity index is 864.